The van der Waals surface area contributed by atoms with E-state index < -0.39 is 9.84 Å². The molecule has 0 spiro atoms. The predicted octanol–water partition coefficient (Wildman–Crippen LogP) is 0.289. The van der Waals surface area contributed by atoms with Crippen molar-refractivity contribution in [2.75, 3.05) is 35.2 Å². The van der Waals surface area contributed by atoms with E-state index in [4.69, 9.17) is 5.73 Å². The SMILES string of the molecule is Nc1cc(N2CCCS(=O)(=O)CC2)ccn1. The number of hydrogen-bond donors (Lipinski definition) is 1. The molecule has 0 aliphatic carbocycles. The standard InChI is InChI=1S/C10H15N3O2S/c11-10-8-9(2-3-12-10)13-4-1-6-16(14,15)7-5-13/h2-3,8H,1,4-7H2,(H2,11,12). The summed E-state index contributed by atoms with van der Waals surface area (Å²) >= 11 is 0. The fourth-order valence-corrected chi connectivity index (χ4v) is 3.10. The van der Waals surface area contributed by atoms with Gasteiger partial charge in [-0.15, -0.1) is 0 Å². The first-order valence-electron chi connectivity index (χ1n) is 5.24. The minimum Gasteiger partial charge on any atom is -0.384 e. The zero-order valence-corrected chi connectivity index (χ0v) is 9.78. The molecular formula is C10H15N3O2S. The molecule has 0 radical (unpaired) electrons. The average Bonchev–Trinajstić information content (AvgIpc) is 2.39. The van der Waals surface area contributed by atoms with Crippen molar-refractivity contribution in [3.8, 4) is 0 Å². The quantitative estimate of drug-likeness (QED) is 0.764. The highest BCUT2D eigenvalue weighted by Gasteiger charge is 2.19. The van der Waals surface area contributed by atoms with Gasteiger partial charge in [0.15, 0.2) is 9.84 Å². The molecule has 0 bridgehead atoms. The normalized spacial score (nSPS) is 20.4. The van der Waals surface area contributed by atoms with E-state index in [2.05, 4.69) is 4.98 Å². The maximum absolute atomic E-state index is 11.5. The van der Waals surface area contributed by atoms with Crippen molar-refractivity contribution in [1.82, 2.24) is 4.98 Å². The van der Waals surface area contributed by atoms with Gasteiger partial charge < -0.3 is 10.6 Å². The summed E-state index contributed by atoms with van der Waals surface area (Å²) in [5, 5.41) is 0. The third-order valence-corrected chi connectivity index (χ3v) is 4.40. The molecule has 0 saturated carbocycles. The molecule has 0 unspecified atom stereocenters. The van der Waals surface area contributed by atoms with E-state index in [0.717, 1.165) is 12.2 Å². The molecule has 1 fully saturated rings. The molecular weight excluding hydrogens is 226 g/mol. The largest absolute Gasteiger partial charge is 0.384 e. The van der Waals surface area contributed by atoms with Gasteiger partial charge >= 0.3 is 0 Å². The average molecular weight is 241 g/mol. The van der Waals surface area contributed by atoms with Gasteiger partial charge in [-0.3, -0.25) is 0 Å². The number of nitrogen functional groups attached to an aromatic ring is 1. The number of aromatic nitrogens is 1. The van der Waals surface area contributed by atoms with Crippen LogP contribution in [0.25, 0.3) is 0 Å². The lowest BCUT2D eigenvalue weighted by atomic mass is 10.3. The molecule has 5 nitrogen and oxygen atoms in total. The second kappa shape index (κ2) is 4.29. The van der Waals surface area contributed by atoms with E-state index in [9.17, 15) is 8.42 Å². The van der Waals surface area contributed by atoms with E-state index in [1.165, 1.54) is 0 Å². The van der Waals surface area contributed by atoms with Crippen LogP contribution in [0.15, 0.2) is 18.3 Å². The topological polar surface area (TPSA) is 76.3 Å². The lowest BCUT2D eigenvalue weighted by Crippen LogP contribution is -2.26. The van der Waals surface area contributed by atoms with E-state index in [-0.39, 0.29) is 11.5 Å². The van der Waals surface area contributed by atoms with Gasteiger partial charge in [0.05, 0.1) is 11.5 Å². The molecule has 1 aromatic heterocycles. The van der Waals surface area contributed by atoms with Crippen LogP contribution in [0, 0.1) is 0 Å². The molecule has 1 aliphatic rings. The number of hydrogen-bond acceptors (Lipinski definition) is 5. The fraction of sp³-hybridized carbons (Fsp3) is 0.500. The summed E-state index contributed by atoms with van der Waals surface area (Å²) in [5.41, 5.74) is 6.55. The smallest absolute Gasteiger partial charge is 0.152 e. The van der Waals surface area contributed by atoms with Gasteiger partial charge in [0.2, 0.25) is 0 Å². The van der Waals surface area contributed by atoms with Crippen LogP contribution in [-0.2, 0) is 9.84 Å². The van der Waals surface area contributed by atoms with Gasteiger partial charge in [-0.05, 0) is 12.5 Å². The molecule has 1 aromatic rings. The zero-order valence-electron chi connectivity index (χ0n) is 8.96. The molecule has 16 heavy (non-hydrogen) atoms. The highest BCUT2D eigenvalue weighted by molar-refractivity contribution is 7.91. The predicted molar refractivity (Wildman–Crippen MR) is 64.1 cm³/mol. The van der Waals surface area contributed by atoms with Crippen LogP contribution in [0.4, 0.5) is 11.5 Å². The maximum Gasteiger partial charge on any atom is 0.152 e. The zero-order chi connectivity index (χ0) is 11.6. The molecule has 1 aliphatic heterocycles. The van der Waals surface area contributed by atoms with Gasteiger partial charge in [0, 0.05) is 31.0 Å². The molecule has 0 aromatic carbocycles. The Morgan fingerprint density at radius 3 is 2.88 bits per heavy atom. The second-order valence-corrected chi connectivity index (χ2v) is 6.23. The Balaban J connectivity index is 2.17. The van der Waals surface area contributed by atoms with E-state index in [1.54, 1.807) is 12.3 Å². The first-order chi connectivity index (χ1) is 7.57. The van der Waals surface area contributed by atoms with Crippen molar-refractivity contribution in [3.05, 3.63) is 18.3 Å². The summed E-state index contributed by atoms with van der Waals surface area (Å²) in [6, 6.07) is 3.63. The molecule has 0 amide bonds. The monoisotopic (exact) mass is 241 g/mol. The van der Waals surface area contributed by atoms with Crippen molar-refractivity contribution in [1.29, 1.82) is 0 Å². The van der Waals surface area contributed by atoms with E-state index >= 15 is 0 Å². The Bertz CT molecular complexity index is 473. The van der Waals surface area contributed by atoms with Gasteiger partial charge in [0.1, 0.15) is 5.82 Å². The van der Waals surface area contributed by atoms with Crippen molar-refractivity contribution < 1.29 is 8.42 Å². The van der Waals surface area contributed by atoms with Crippen LogP contribution in [0.2, 0.25) is 0 Å². The highest BCUT2D eigenvalue weighted by Crippen LogP contribution is 2.18. The van der Waals surface area contributed by atoms with Crippen LogP contribution in [0.5, 0.6) is 0 Å². The first-order valence-corrected chi connectivity index (χ1v) is 7.06. The lowest BCUT2D eigenvalue weighted by molar-refractivity contribution is 0.597. The Hall–Kier alpha value is -1.30. The van der Waals surface area contributed by atoms with Gasteiger partial charge in [0.25, 0.3) is 0 Å². The third-order valence-electron chi connectivity index (χ3n) is 2.69. The summed E-state index contributed by atoms with van der Waals surface area (Å²) in [7, 11) is -2.86. The lowest BCUT2D eigenvalue weighted by Gasteiger charge is -2.21. The highest BCUT2D eigenvalue weighted by atomic mass is 32.2. The number of anilines is 2. The third kappa shape index (κ3) is 2.63. The number of rotatable bonds is 1. The Morgan fingerprint density at radius 2 is 2.12 bits per heavy atom. The summed E-state index contributed by atoms with van der Waals surface area (Å²) in [4.78, 5) is 5.96. The van der Waals surface area contributed by atoms with Crippen LogP contribution < -0.4 is 10.6 Å². The minimum atomic E-state index is -2.86. The van der Waals surface area contributed by atoms with Crippen molar-refractivity contribution in [3.63, 3.8) is 0 Å². The molecule has 2 N–H and O–H groups in total. The first kappa shape index (κ1) is 11.2. The summed E-state index contributed by atoms with van der Waals surface area (Å²) < 4.78 is 22.9. The minimum absolute atomic E-state index is 0.217. The maximum atomic E-state index is 11.5. The summed E-state index contributed by atoms with van der Waals surface area (Å²) in [6.45, 7) is 1.29. The Labute approximate surface area is 95.2 Å². The van der Waals surface area contributed by atoms with Crippen molar-refractivity contribution in [2.45, 2.75) is 6.42 Å². The molecule has 1 saturated heterocycles. The van der Waals surface area contributed by atoms with Gasteiger partial charge in [-0.25, -0.2) is 13.4 Å². The van der Waals surface area contributed by atoms with E-state index in [1.807, 2.05) is 11.0 Å². The van der Waals surface area contributed by atoms with Crippen LogP contribution >= 0.6 is 0 Å². The van der Waals surface area contributed by atoms with Crippen LogP contribution in [0.1, 0.15) is 6.42 Å². The number of pyridine rings is 1. The number of nitrogens with zero attached hydrogens (tertiary/aromatic N) is 2. The molecule has 88 valence electrons. The van der Waals surface area contributed by atoms with Crippen LogP contribution in [0.3, 0.4) is 0 Å². The van der Waals surface area contributed by atoms with Crippen molar-refractivity contribution >= 4 is 21.3 Å². The Kier molecular flexibility index (Phi) is 3.00. The van der Waals surface area contributed by atoms with Crippen molar-refractivity contribution in [2.24, 2.45) is 0 Å². The summed E-state index contributed by atoms with van der Waals surface area (Å²) in [6.07, 6.45) is 2.31. The molecule has 0 atom stereocenters. The van der Waals surface area contributed by atoms with E-state index in [0.29, 0.717) is 18.8 Å². The fourth-order valence-electron chi connectivity index (χ4n) is 1.83. The summed E-state index contributed by atoms with van der Waals surface area (Å²) in [5.74, 6) is 0.962. The molecule has 2 rings (SSSR count). The molecule has 6 heteroatoms. The Morgan fingerprint density at radius 1 is 1.31 bits per heavy atom. The second-order valence-electron chi connectivity index (χ2n) is 3.93. The molecule has 2 heterocycles. The number of sulfone groups is 1. The van der Waals surface area contributed by atoms with Crippen LogP contribution in [-0.4, -0.2) is 38.0 Å². The van der Waals surface area contributed by atoms with Gasteiger partial charge in [-0.1, -0.05) is 0 Å². The number of nitrogens with two attached hydrogens (primary N) is 1. The van der Waals surface area contributed by atoms with Gasteiger partial charge in [-0.2, -0.15) is 0 Å².